The molecule has 0 bridgehead atoms. The lowest BCUT2D eigenvalue weighted by Crippen LogP contribution is -2.44. The van der Waals surface area contributed by atoms with Gasteiger partial charge in [0.25, 0.3) is 5.91 Å². The molecule has 2 atom stereocenters. The zero-order valence-corrected chi connectivity index (χ0v) is 12.1. The van der Waals surface area contributed by atoms with Gasteiger partial charge in [0.05, 0.1) is 12.2 Å². The van der Waals surface area contributed by atoms with Crippen molar-refractivity contribution in [3.05, 3.63) is 59.9 Å². The Hall–Kier alpha value is -2.40. The molecule has 0 fully saturated rings. The average Bonchev–Trinajstić information content (AvgIpc) is 2.53. The largest absolute Gasteiger partial charge is 0.487 e. The Morgan fingerprint density at radius 2 is 2.05 bits per heavy atom. The molecule has 1 aliphatic rings. The van der Waals surface area contributed by atoms with E-state index in [1.54, 1.807) is 31.2 Å². The molecule has 1 N–H and O–H groups in total. The summed E-state index contributed by atoms with van der Waals surface area (Å²) in [5.74, 6) is -0.564. The van der Waals surface area contributed by atoms with Crippen molar-refractivity contribution in [1.82, 2.24) is 0 Å². The van der Waals surface area contributed by atoms with Gasteiger partial charge in [-0.15, -0.1) is 0 Å². The van der Waals surface area contributed by atoms with Crippen LogP contribution in [-0.2, 0) is 4.79 Å². The Morgan fingerprint density at radius 3 is 2.77 bits per heavy atom. The van der Waals surface area contributed by atoms with E-state index in [0.29, 0.717) is 23.5 Å². The molecular weight excluding hydrogens is 285 g/mol. The predicted octanol–water partition coefficient (Wildman–Crippen LogP) is 2.67. The minimum atomic E-state index is -1.26. The van der Waals surface area contributed by atoms with E-state index in [-0.39, 0.29) is 6.10 Å². The highest BCUT2D eigenvalue weighted by molar-refractivity contribution is 5.98. The van der Waals surface area contributed by atoms with Crippen LogP contribution in [0.1, 0.15) is 18.6 Å². The lowest BCUT2D eigenvalue weighted by molar-refractivity contribution is -0.127. The Labute approximate surface area is 127 Å². The monoisotopic (exact) mass is 301 g/mol. The van der Waals surface area contributed by atoms with Crippen molar-refractivity contribution in [2.75, 3.05) is 11.4 Å². The third-order valence-electron chi connectivity index (χ3n) is 3.60. The van der Waals surface area contributed by atoms with E-state index in [4.69, 9.17) is 4.74 Å². The van der Waals surface area contributed by atoms with Crippen LogP contribution in [0.4, 0.5) is 10.1 Å². The molecule has 5 heteroatoms. The van der Waals surface area contributed by atoms with Gasteiger partial charge < -0.3 is 14.7 Å². The molecule has 1 heterocycles. The summed E-state index contributed by atoms with van der Waals surface area (Å²) in [7, 11) is 0. The van der Waals surface area contributed by atoms with Gasteiger partial charge >= 0.3 is 0 Å². The van der Waals surface area contributed by atoms with E-state index in [2.05, 4.69) is 0 Å². The predicted molar refractivity (Wildman–Crippen MR) is 80.2 cm³/mol. The first-order valence-corrected chi connectivity index (χ1v) is 7.07. The lowest BCUT2D eigenvalue weighted by Gasteiger charge is -2.34. The summed E-state index contributed by atoms with van der Waals surface area (Å²) in [6.45, 7) is 2.10. The van der Waals surface area contributed by atoms with Crippen LogP contribution in [0, 0.1) is 5.82 Å². The van der Waals surface area contributed by atoms with E-state index >= 15 is 0 Å². The number of carbonyl (C=O) groups excluding carboxylic acids is 1. The minimum Gasteiger partial charge on any atom is -0.487 e. The van der Waals surface area contributed by atoms with E-state index in [1.165, 1.54) is 23.1 Å². The molecule has 2 aromatic rings. The smallest absolute Gasteiger partial charge is 0.260 e. The van der Waals surface area contributed by atoms with Crippen LogP contribution in [0.3, 0.4) is 0 Å². The number of ether oxygens (including phenoxy) is 1. The van der Waals surface area contributed by atoms with Gasteiger partial charge in [-0.25, -0.2) is 4.39 Å². The molecule has 22 heavy (non-hydrogen) atoms. The molecule has 4 nitrogen and oxygen atoms in total. The number of amides is 1. The summed E-state index contributed by atoms with van der Waals surface area (Å²) >= 11 is 0. The summed E-state index contributed by atoms with van der Waals surface area (Å²) < 4.78 is 18.9. The van der Waals surface area contributed by atoms with Crippen molar-refractivity contribution < 1.29 is 19.0 Å². The summed E-state index contributed by atoms with van der Waals surface area (Å²) in [5.41, 5.74) is 0.995. The Balaban J connectivity index is 1.93. The van der Waals surface area contributed by atoms with Crippen molar-refractivity contribution in [2.45, 2.75) is 19.1 Å². The van der Waals surface area contributed by atoms with Gasteiger partial charge in [0.2, 0.25) is 0 Å². The Bertz CT molecular complexity index is 690. The van der Waals surface area contributed by atoms with Crippen LogP contribution >= 0.6 is 0 Å². The molecule has 0 saturated carbocycles. The Morgan fingerprint density at radius 1 is 1.32 bits per heavy atom. The zero-order valence-electron chi connectivity index (χ0n) is 12.1. The molecule has 114 valence electrons. The summed E-state index contributed by atoms with van der Waals surface area (Å²) in [6, 6.07) is 12.7. The number of carbonyl (C=O) groups is 1. The van der Waals surface area contributed by atoms with Crippen LogP contribution in [0.5, 0.6) is 5.75 Å². The second-order valence-electron chi connectivity index (χ2n) is 5.30. The number of halogens is 1. The fourth-order valence-electron chi connectivity index (χ4n) is 2.55. The molecule has 1 aliphatic heterocycles. The van der Waals surface area contributed by atoms with Gasteiger partial charge in [-0.3, -0.25) is 4.79 Å². The van der Waals surface area contributed by atoms with Crippen molar-refractivity contribution >= 4 is 11.6 Å². The first-order chi connectivity index (χ1) is 10.6. The summed E-state index contributed by atoms with van der Waals surface area (Å²) in [6.07, 6.45) is -1.54. The van der Waals surface area contributed by atoms with Gasteiger partial charge in [-0.05, 0) is 24.6 Å². The zero-order chi connectivity index (χ0) is 15.7. The van der Waals surface area contributed by atoms with Crippen LogP contribution in [0.15, 0.2) is 48.5 Å². The number of rotatable bonds is 2. The number of aliphatic hydroxyl groups excluding tert-OH is 1. The minimum absolute atomic E-state index is 0.277. The number of hydrogen-bond donors (Lipinski definition) is 1. The van der Waals surface area contributed by atoms with E-state index in [1.807, 2.05) is 6.07 Å². The highest BCUT2D eigenvalue weighted by Crippen LogP contribution is 2.35. The van der Waals surface area contributed by atoms with E-state index < -0.39 is 17.8 Å². The number of fused-ring (bicyclic) bond motifs is 1. The highest BCUT2D eigenvalue weighted by Gasteiger charge is 2.32. The fourth-order valence-corrected chi connectivity index (χ4v) is 2.55. The van der Waals surface area contributed by atoms with Crippen molar-refractivity contribution in [3.63, 3.8) is 0 Å². The fraction of sp³-hybridized carbons (Fsp3) is 0.235. The molecular formula is C17H16FNO3. The first-order valence-electron chi connectivity index (χ1n) is 7.07. The number of anilines is 1. The molecule has 2 unspecified atom stereocenters. The van der Waals surface area contributed by atoms with Gasteiger partial charge in [0.1, 0.15) is 17.7 Å². The van der Waals surface area contributed by atoms with Gasteiger partial charge in [-0.2, -0.15) is 0 Å². The second-order valence-corrected chi connectivity index (χ2v) is 5.30. The number of nitrogens with zero attached hydrogens (tertiary/aromatic N) is 1. The van der Waals surface area contributed by atoms with Crippen molar-refractivity contribution in [3.8, 4) is 5.75 Å². The second kappa shape index (κ2) is 5.77. The molecule has 0 aromatic heterocycles. The molecule has 1 amide bonds. The lowest BCUT2D eigenvalue weighted by atomic mass is 10.1. The number of benzene rings is 2. The third-order valence-corrected chi connectivity index (χ3v) is 3.60. The SMILES string of the molecule is CC1CN(C(=O)C(O)c2ccccc2)c2ccc(F)cc2O1. The van der Waals surface area contributed by atoms with Gasteiger partial charge in [0.15, 0.2) is 6.10 Å². The molecule has 0 spiro atoms. The van der Waals surface area contributed by atoms with E-state index in [0.717, 1.165) is 0 Å². The van der Waals surface area contributed by atoms with Crippen molar-refractivity contribution in [1.29, 1.82) is 0 Å². The summed E-state index contributed by atoms with van der Waals surface area (Å²) in [4.78, 5) is 14.1. The van der Waals surface area contributed by atoms with Crippen LogP contribution < -0.4 is 9.64 Å². The molecule has 0 radical (unpaired) electrons. The summed E-state index contributed by atoms with van der Waals surface area (Å²) in [5, 5.41) is 10.3. The van der Waals surface area contributed by atoms with Crippen molar-refractivity contribution in [2.24, 2.45) is 0 Å². The quantitative estimate of drug-likeness (QED) is 0.928. The topological polar surface area (TPSA) is 49.8 Å². The van der Waals surface area contributed by atoms with E-state index in [9.17, 15) is 14.3 Å². The molecule has 0 saturated heterocycles. The highest BCUT2D eigenvalue weighted by atomic mass is 19.1. The van der Waals surface area contributed by atoms with Gasteiger partial charge in [-0.1, -0.05) is 30.3 Å². The van der Waals surface area contributed by atoms with Gasteiger partial charge in [0, 0.05) is 6.07 Å². The standard InChI is InChI=1S/C17H16FNO3/c1-11-10-19(14-8-7-13(18)9-15(14)22-11)17(21)16(20)12-5-3-2-4-6-12/h2-9,11,16,20H,10H2,1H3. The molecule has 3 rings (SSSR count). The van der Waals surface area contributed by atoms with Crippen LogP contribution in [0.25, 0.3) is 0 Å². The maximum absolute atomic E-state index is 13.3. The molecule has 0 aliphatic carbocycles. The normalized spacial score (nSPS) is 18.3. The van der Waals surface area contributed by atoms with Crippen LogP contribution in [0.2, 0.25) is 0 Å². The number of hydrogen-bond acceptors (Lipinski definition) is 3. The number of aliphatic hydroxyl groups is 1. The maximum atomic E-state index is 13.3. The first kappa shape index (κ1) is 14.5. The third kappa shape index (κ3) is 2.67. The van der Waals surface area contributed by atoms with Crippen LogP contribution in [-0.4, -0.2) is 23.7 Å². The maximum Gasteiger partial charge on any atom is 0.260 e. The average molecular weight is 301 g/mol. The Kier molecular flexibility index (Phi) is 3.81. The molecule has 2 aromatic carbocycles.